The van der Waals surface area contributed by atoms with Crippen molar-refractivity contribution in [1.82, 2.24) is 14.7 Å². The van der Waals surface area contributed by atoms with Crippen molar-refractivity contribution >= 4 is 5.91 Å². The van der Waals surface area contributed by atoms with Gasteiger partial charge in [-0.3, -0.25) is 9.48 Å². The van der Waals surface area contributed by atoms with Crippen molar-refractivity contribution in [2.75, 3.05) is 13.7 Å². The summed E-state index contributed by atoms with van der Waals surface area (Å²) in [6.07, 6.45) is 0.496. The van der Waals surface area contributed by atoms with E-state index in [9.17, 15) is 9.90 Å². The lowest BCUT2D eigenvalue weighted by Crippen LogP contribution is -2.32. The number of nitrogens with zero attached hydrogens (tertiary/aromatic N) is 3. The highest BCUT2D eigenvalue weighted by Gasteiger charge is 2.25. The Bertz CT molecular complexity index is 650. The first-order valence-corrected chi connectivity index (χ1v) is 7.92. The van der Waals surface area contributed by atoms with Crippen molar-refractivity contribution in [2.45, 2.75) is 32.2 Å². The largest absolute Gasteiger partial charge is 0.396 e. The summed E-state index contributed by atoms with van der Waals surface area (Å²) in [6.45, 7) is 4.18. The van der Waals surface area contributed by atoms with Crippen LogP contribution in [0, 0.1) is 0 Å². The second-order valence-electron chi connectivity index (χ2n) is 6.09. The van der Waals surface area contributed by atoms with Crippen LogP contribution >= 0.6 is 0 Å². The zero-order chi connectivity index (χ0) is 17.0. The van der Waals surface area contributed by atoms with Crippen molar-refractivity contribution in [2.24, 2.45) is 7.05 Å². The molecule has 124 valence electrons. The molecule has 0 aliphatic heterocycles. The number of amides is 1. The van der Waals surface area contributed by atoms with Crippen LogP contribution in [0.15, 0.2) is 36.4 Å². The number of rotatable bonds is 6. The molecule has 1 atom stereocenters. The summed E-state index contributed by atoms with van der Waals surface area (Å²) in [6, 6.07) is 11.5. The van der Waals surface area contributed by atoms with Crippen molar-refractivity contribution in [3.63, 3.8) is 0 Å². The fourth-order valence-electron chi connectivity index (χ4n) is 2.83. The van der Waals surface area contributed by atoms with Gasteiger partial charge in [0, 0.05) is 26.4 Å². The number of benzene rings is 1. The van der Waals surface area contributed by atoms with Gasteiger partial charge in [0.05, 0.1) is 6.04 Å². The molecule has 5 nitrogen and oxygen atoms in total. The minimum Gasteiger partial charge on any atom is -0.396 e. The summed E-state index contributed by atoms with van der Waals surface area (Å²) in [5.41, 5.74) is 2.48. The smallest absolute Gasteiger partial charge is 0.274 e. The Morgan fingerprint density at radius 2 is 1.96 bits per heavy atom. The lowest BCUT2D eigenvalue weighted by Gasteiger charge is -2.27. The molecule has 0 spiro atoms. The third-order valence-corrected chi connectivity index (χ3v) is 4.10. The molecule has 1 N–H and O–H groups in total. The van der Waals surface area contributed by atoms with Gasteiger partial charge < -0.3 is 10.0 Å². The zero-order valence-corrected chi connectivity index (χ0v) is 14.2. The van der Waals surface area contributed by atoms with Crippen molar-refractivity contribution in [3.05, 3.63) is 53.3 Å². The highest BCUT2D eigenvalue weighted by atomic mass is 16.3. The molecule has 0 aliphatic rings. The molecule has 2 rings (SSSR count). The summed E-state index contributed by atoms with van der Waals surface area (Å²) in [7, 11) is 3.62. The van der Waals surface area contributed by atoms with E-state index in [4.69, 9.17) is 0 Å². The summed E-state index contributed by atoms with van der Waals surface area (Å²) in [4.78, 5) is 14.5. The van der Waals surface area contributed by atoms with Crippen LogP contribution in [0.25, 0.3) is 0 Å². The zero-order valence-electron chi connectivity index (χ0n) is 14.2. The van der Waals surface area contributed by atoms with E-state index in [2.05, 4.69) is 18.9 Å². The van der Waals surface area contributed by atoms with Gasteiger partial charge in [-0.2, -0.15) is 5.10 Å². The molecule has 23 heavy (non-hydrogen) atoms. The number of aromatic nitrogens is 2. The van der Waals surface area contributed by atoms with Crippen LogP contribution in [0.1, 0.15) is 54.0 Å². The highest BCUT2D eigenvalue weighted by molar-refractivity contribution is 5.92. The molecule has 0 saturated heterocycles. The predicted molar refractivity (Wildman–Crippen MR) is 90.3 cm³/mol. The molecular weight excluding hydrogens is 290 g/mol. The molecule has 1 amide bonds. The molecule has 0 aliphatic carbocycles. The molecular formula is C18H25N3O2. The molecule has 0 saturated carbocycles. The van der Waals surface area contributed by atoms with E-state index in [0.717, 1.165) is 11.3 Å². The molecule has 2 aromatic rings. The van der Waals surface area contributed by atoms with Gasteiger partial charge in [-0.25, -0.2) is 0 Å². The number of carbonyl (C=O) groups is 1. The Balaban J connectivity index is 2.27. The number of carbonyl (C=O) groups excluding carboxylic acids is 1. The van der Waals surface area contributed by atoms with Gasteiger partial charge in [-0.05, 0) is 24.0 Å². The van der Waals surface area contributed by atoms with E-state index < -0.39 is 0 Å². The molecule has 5 heteroatoms. The minimum absolute atomic E-state index is 0.0244. The van der Waals surface area contributed by atoms with Gasteiger partial charge >= 0.3 is 0 Å². The summed E-state index contributed by atoms with van der Waals surface area (Å²) >= 11 is 0. The van der Waals surface area contributed by atoms with Crippen LogP contribution in [-0.2, 0) is 7.05 Å². The van der Waals surface area contributed by atoms with Crippen LogP contribution in [-0.4, -0.2) is 39.3 Å². The minimum atomic E-state index is -0.168. The first-order valence-electron chi connectivity index (χ1n) is 7.92. The van der Waals surface area contributed by atoms with Crippen LogP contribution in [0.3, 0.4) is 0 Å². The second-order valence-corrected chi connectivity index (χ2v) is 6.09. The normalized spacial score (nSPS) is 12.4. The second kappa shape index (κ2) is 7.42. The Labute approximate surface area is 137 Å². The van der Waals surface area contributed by atoms with Gasteiger partial charge in [-0.1, -0.05) is 44.2 Å². The third kappa shape index (κ3) is 3.79. The molecule has 1 aromatic heterocycles. The molecule has 0 fully saturated rings. The quantitative estimate of drug-likeness (QED) is 0.891. The Hall–Kier alpha value is -2.14. The summed E-state index contributed by atoms with van der Waals surface area (Å²) < 4.78 is 1.76. The number of aliphatic hydroxyl groups is 1. The van der Waals surface area contributed by atoms with Crippen LogP contribution in [0.5, 0.6) is 0 Å². The van der Waals surface area contributed by atoms with Crippen molar-refractivity contribution < 1.29 is 9.90 Å². The van der Waals surface area contributed by atoms with Crippen LogP contribution in [0.2, 0.25) is 0 Å². The lowest BCUT2D eigenvalue weighted by molar-refractivity contribution is 0.0698. The van der Waals surface area contributed by atoms with Gasteiger partial charge in [-0.15, -0.1) is 0 Å². The predicted octanol–water partition coefficient (Wildman–Crippen LogP) is 2.74. The van der Waals surface area contributed by atoms with E-state index in [1.165, 1.54) is 0 Å². The lowest BCUT2D eigenvalue weighted by atomic mass is 10.0. The van der Waals surface area contributed by atoms with Crippen molar-refractivity contribution in [1.29, 1.82) is 0 Å². The Morgan fingerprint density at radius 1 is 1.30 bits per heavy atom. The van der Waals surface area contributed by atoms with Crippen LogP contribution in [0.4, 0.5) is 0 Å². The fourth-order valence-corrected chi connectivity index (χ4v) is 2.83. The Kier molecular flexibility index (Phi) is 5.55. The number of hydrogen-bond acceptors (Lipinski definition) is 3. The summed E-state index contributed by atoms with van der Waals surface area (Å²) in [5.74, 6) is 0.177. The SMILES string of the molecule is CC(C)c1cc(C(=O)N(C)C(CCO)c2ccccc2)nn1C. The highest BCUT2D eigenvalue weighted by Crippen LogP contribution is 2.25. The number of aryl methyl sites for hydroxylation is 1. The third-order valence-electron chi connectivity index (χ3n) is 4.10. The van der Waals surface area contributed by atoms with Gasteiger partial charge in [0.2, 0.25) is 0 Å². The topological polar surface area (TPSA) is 58.4 Å². The Morgan fingerprint density at radius 3 is 2.48 bits per heavy atom. The fraction of sp³-hybridized carbons (Fsp3) is 0.444. The van der Waals surface area contributed by atoms with E-state index in [1.807, 2.05) is 43.4 Å². The maximum atomic E-state index is 12.8. The van der Waals surface area contributed by atoms with Gasteiger partial charge in [0.15, 0.2) is 5.69 Å². The molecule has 1 heterocycles. The maximum Gasteiger partial charge on any atom is 0.274 e. The van der Waals surface area contributed by atoms with E-state index in [-0.39, 0.29) is 18.6 Å². The van der Waals surface area contributed by atoms with Crippen LogP contribution < -0.4 is 0 Å². The van der Waals surface area contributed by atoms with E-state index >= 15 is 0 Å². The van der Waals surface area contributed by atoms with E-state index in [0.29, 0.717) is 18.0 Å². The molecule has 0 bridgehead atoms. The summed E-state index contributed by atoms with van der Waals surface area (Å²) in [5, 5.41) is 13.7. The van der Waals surface area contributed by atoms with Gasteiger partial charge in [0.1, 0.15) is 0 Å². The van der Waals surface area contributed by atoms with E-state index in [1.54, 1.807) is 16.6 Å². The molecule has 1 aromatic carbocycles. The molecule has 1 unspecified atom stereocenters. The average Bonchev–Trinajstić information content (AvgIpc) is 2.94. The number of hydrogen-bond donors (Lipinski definition) is 1. The average molecular weight is 315 g/mol. The monoisotopic (exact) mass is 315 g/mol. The standard InChI is InChI=1S/C18H25N3O2/c1-13(2)17-12-15(19-21(17)4)18(23)20(3)16(10-11-22)14-8-6-5-7-9-14/h5-9,12-13,16,22H,10-11H2,1-4H3. The molecule has 0 radical (unpaired) electrons. The maximum absolute atomic E-state index is 12.8. The van der Waals surface area contributed by atoms with Gasteiger partial charge in [0.25, 0.3) is 5.91 Å². The first kappa shape index (κ1) is 17.2. The number of aliphatic hydroxyl groups excluding tert-OH is 1. The first-order chi connectivity index (χ1) is 11.0. The van der Waals surface area contributed by atoms with Crippen molar-refractivity contribution in [3.8, 4) is 0 Å².